The fourth-order valence-corrected chi connectivity index (χ4v) is 2.58. The van der Waals surface area contributed by atoms with Crippen LogP contribution in [0.25, 0.3) is 6.08 Å². The number of carbonyl (C=O) groups excluding carboxylic acids is 1. The van der Waals surface area contributed by atoms with Crippen molar-refractivity contribution in [1.82, 2.24) is 0 Å². The van der Waals surface area contributed by atoms with Gasteiger partial charge in [0.2, 0.25) is 0 Å². The van der Waals surface area contributed by atoms with Crippen molar-refractivity contribution >= 4 is 23.8 Å². The first-order chi connectivity index (χ1) is 13.3. The summed E-state index contributed by atoms with van der Waals surface area (Å²) >= 11 is 0. The standard InChI is InChI=1S/C21H21NO6/c1-13(22)9-15-3-2-4-16(10-15)18(23)7-5-14-6-8-19(28-12-20(24)25)17(11-14)21(26)27/h2-8,10-11,13H,9,12,22H2,1H3,(H,24,25)(H,26,27). The van der Waals surface area contributed by atoms with Crippen LogP contribution in [0.2, 0.25) is 0 Å². The van der Waals surface area contributed by atoms with Gasteiger partial charge in [0.15, 0.2) is 12.4 Å². The SMILES string of the molecule is CC(N)Cc1cccc(C(=O)C=Cc2ccc(OCC(=O)O)c(C(=O)O)c2)c1. The summed E-state index contributed by atoms with van der Waals surface area (Å²) in [7, 11) is 0. The molecule has 0 saturated heterocycles. The van der Waals surface area contributed by atoms with Crippen LogP contribution in [0, 0.1) is 0 Å². The van der Waals surface area contributed by atoms with E-state index in [2.05, 4.69) is 0 Å². The van der Waals surface area contributed by atoms with E-state index in [-0.39, 0.29) is 23.1 Å². The maximum absolute atomic E-state index is 12.4. The van der Waals surface area contributed by atoms with Gasteiger partial charge in [-0.1, -0.05) is 30.3 Å². The number of ketones is 1. The molecule has 0 spiro atoms. The molecule has 0 heterocycles. The minimum absolute atomic E-state index is 0.0165. The van der Waals surface area contributed by atoms with Gasteiger partial charge in [0, 0.05) is 11.6 Å². The van der Waals surface area contributed by atoms with E-state index in [1.54, 1.807) is 24.3 Å². The van der Waals surface area contributed by atoms with Crippen LogP contribution in [-0.2, 0) is 11.2 Å². The molecule has 0 aliphatic rings. The smallest absolute Gasteiger partial charge is 0.341 e. The van der Waals surface area contributed by atoms with Gasteiger partial charge < -0.3 is 20.7 Å². The highest BCUT2D eigenvalue weighted by molar-refractivity contribution is 6.07. The number of rotatable bonds is 9. The number of allylic oxidation sites excluding steroid dienone is 1. The lowest BCUT2D eigenvalue weighted by Gasteiger charge is -2.08. The molecule has 0 saturated carbocycles. The van der Waals surface area contributed by atoms with Crippen LogP contribution >= 0.6 is 0 Å². The third-order valence-electron chi connectivity index (χ3n) is 3.78. The normalized spacial score (nSPS) is 11.9. The van der Waals surface area contributed by atoms with Crippen molar-refractivity contribution in [3.8, 4) is 5.75 Å². The van der Waals surface area contributed by atoms with Crippen LogP contribution < -0.4 is 10.5 Å². The number of carbonyl (C=O) groups is 3. The predicted octanol–water partition coefficient (Wildman–Crippen LogP) is 2.63. The third-order valence-corrected chi connectivity index (χ3v) is 3.78. The molecule has 0 radical (unpaired) electrons. The lowest BCUT2D eigenvalue weighted by Crippen LogP contribution is -2.17. The first kappa shape index (κ1) is 20.9. The first-order valence-corrected chi connectivity index (χ1v) is 8.55. The average molecular weight is 383 g/mol. The largest absolute Gasteiger partial charge is 0.481 e. The molecular weight excluding hydrogens is 362 g/mol. The summed E-state index contributed by atoms with van der Waals surface area (Å²) < 4.78 is 4.97. The molecule has 2 aromatic carbocycles. The fraction of sp³-hybridized carbons (Fsp3) is 0.190. The highest BCUT2D eigenvalue weighted by atomic mass is 16.5. The lowest BCUT2D eigenvalue weighted by molar-refractivity contribution is -0.139. The van der Waals surface area contributed by atoms with E-state index < -0.39 is 18.5 Å². The summed E-state index contributed by atoms with van der Waals surface area (Å²) in [6.07, 6.45) is 3.50. The Kier molecular flexibility index (Phi) is 7.06. The van der Waals surface area contributed by atoms with Gasteiger partial charge >= 0.3 is 11.9 Å². The Balaban J connectivity index is 2.19. The summed E-state index contributed by atoms with van der Waals surface area (Å²) in [6.45, 7) is 1.24. The highest BCUT2D eigenvalue weighted by Gasteiger charge is 2.13. The van der Waals surface area contributed by atoms with Crippen LogP contribution in [0.5, 0.6) is 5.75 Å². The number of carboxylic acids is 2. The van der Waals surface area contributed by atoms with E-state index >= 15 is 0 Å². The summed E-state index contributed by atoms with van der Waals surface area (Å²) in [5, 5.41) is 17.9. The highest BCUT2D eigenvalue weighted by Crippen LogP contribution is 2.21. The zero-order chi connectivity index (χ0) is 20.7. The molecule has 4 N–H and O–H groups in total. The van der Waals surface area contributed by atoms with Crippen molar-refractivity contribution in [2.45, 2.75) is 19.4 Å². The number of hydrogen-bond donors (Lipinski definition) is 3. The van der Waals surface area contributed by atoms with Crippen LogP contribution in [0.4, 0.5) is 0 Å². The van der Waals surface area contributed by atoms with Gasteiger partial charge in [-0.2, -0.15) is 0 Å². The minimum Gasteiger partial charge on any atom is -0.481 e. The van der Waals surface area contributed by atoms with E-state index in [0.717, 1.165) is 5.56 Å². The Morgan fingerprint density at radius 3 is 2.54 bits per heavy atom. The zero-order valence-electron chi connectivity index (χ0n) is 15.3. The fourth-order valence-electron chi connectivity index (χ4n) is 2.58. The predicted molar refractivity (Wildman–Crippen MR) is 104 cm³/mol. The van der Waals surface area contributed by atoms with Gasteiger partial charge in [-0.15, -0.1) is 0 Å². The number of hydrogen-bond acceptors (Lipinski definition) is 5. The number of aliphatic carboxylic acids is 1. The van der Waals surface area contributed by atoms with E-state index in [9.17, 15) is 19.5 Å². The van der Waals surface area contributed by atoms with Crippen molar-refractivity contribution in [3.63, 3.8) is 0 Å². The Morgan fingerprint density at radius 2 is 1.89 bits per heavy atom. The van der Waals surface area contributed by atoms with Gasteiger partial charge in [-0.25, -0.2) is 9.59 Å². The Labute approximate surface area is 162 Å². The molecule has 1 unspecified atom stereocenters. The summed E-state index contributed by atoms with van der Waals surface area (Å²) in [6, 6.07) is 11.4. The maximum atomic E-state index is 12.4. The van der Waals surface area contributed by atoms with E-state index in [1.807, 2.05) is 13.0 Å². The molecule has 7 nitrogen and oxygen atoms in total. The monoisotopic (exact) mass is 383 g/mol. The second-order valence-corrected chi connectivity index (χ2v) is 6.32. The van der Waals surface area contributed by atoms with Gasteiger partial charge in [0.1, 0.15) is 11.3 Å². The van der Waals surface area contributed by atoms with Gasteiger partial charge in [-0.3, -0.25) is 4.79 Å². The minimum atomic E-state index is -1.26. The second-order valence-electron chi connectivity index (χ2n) is 6.32. The molecule has 2 aromatic rings. The quantitative estimate of drug-likeness (QED) is 0.449. The molecule has 0 aromatic heterocycles. The Morgan fingerprint density at radius 1 is 1.14 bits per heavy atom. The number of carboxylic acid groups (broad SMARTS) is 2. The van der Waals surface area contributed by atoms with Gasteiger partial charge in [0.05, 0.1) is 0 Å². The van der Waals surface area contributed by atoms with Crippen molar-refractivity contribution in [3.05, 3.63) is 70.8 Å². The number of nitrogens with two attached hydrogens (primary N) is 1. The Hall–Kier alpha value is -3.45. The van der Waals surface area contributed by atoms with Crippen molar-refractivity contribution in [2.24, 2.45) is 5.73 Å². The van der Waals surface area contributed by atoms with Gasteiger partial charge in [-0.05, 0) is 48.7 Å². The van der Waals surface area contributed by atoms with Crippen molar-refractivity contribution in [1.29, 1.82) is 0 Å². The molecule has 28 heavy (non-hydrogen) atoms. The van der Waals surface area contributed by atoms with E-state index in [0.29, 0.717) is 17.5 Å². The number of ether oxygens (including phenoxy) is 1. The Bertz CT molecular complexity index is 917. The van der Waals surface area contributed by atoms with Crippen molar-refractivity contribution in [2.75, 3.05) is 6.61 Å². The summed E-state index contributed by atoms with van der Waals surface area (Å²) in [5.74, 6) is -2.75. The first-order valence-electron chi connectivity index (χ1n) is 8.55. The van der Waals surface area contributed by atoms with Crippen molar-refractivity contribution < 1.29 is 29.3 Å². The molecule has 0 fully saturated rings. The topological polar surface area (TPSA) is 127 Å². The molecule has 1 atom stereocenters. The summed E-state index contributed by atoms with van der Waals surface area (Å²) in [5.41, 5.74) is 7.54. The molecular formula is C21H21NO6. The van der Waals surface area contributed by atoms with Crippen LogP contribution in [0.1, 0.15) is 38.8 Å². The number of benzene rings is 2. The molecule has 7 heteroatoms. The lowest BCUT2D eigenvalue weighted by atomic mass is 10.0. The number of aromatic carboxylic acids is 1. The van der Waals surface area contributed by atoms with Crippen LogP contribution in [0.15, 0.2) is 48.5 Å². The molecule has 0 bridgehead atoms. The molecule has 0 aliphatic carbocycles. The maximum Gasteiger partial charge on any atom is 0.341 e. The molecule has 2 rings (SSSR count). The van der Waals surface area contributed by atoms with Crippen LogP contribution in [-0.4, -0.2) is 40.6 Å². The van der Waals surface area contributed by atoms with E-state index in [4.69, 9.17) is 15.6 Å². The van der Waals surface area contributed by atoms with E-state index in [1.165, 1.54) is 24.3 Å². The summed E-state index contributed by atoms with van der Waals surface area (Å²) in [4.78, 5) is 34.4. The average Bonchev–Trinajstić information content (AvgIpc) is 2.64. The molecule has 0 aliphatic heterocycles. The molecule has 0 amide bonds. The second kappa shape index (κ2) is 9.48. The van der Waals surface area contributed by atoms with Gasteiger partial charge in [0.25, 0.3) is 0 Å². The zero-order valence-corrected chi connectivity index (χ0v) is 15.3. The van der Waals surface area contributed by atoms with Crippen LogP contribution in [0.3, 0.4) is 0 Å². The third kappa shape index (κ3) is 6.07. The molecule has 146 valence electrons.